The monoisotopic (exact) mass is 489 g/mol. The molecule has 0 aliphatic carbocycles. The quantitative estimate of drug-likeness (QED) is 0.245. The van der Waals surface area contributed by atoms with Gasteiger partial charge in [0.2, 0.25) is 0 Å². The minimum Gasteiger partial charge on any atom is -0.456 e. The summed E-state index contributed by atoms with van der Waals surface area (Å²) in [6, 6.07) is 42.2. The van der Waals surface area contributed by atoms with Crippen LogP contribution >= 0.6 is 15.9 Å². The molecule has 33 heavy (non-hydrogen) atoms. The zero-order valence-corrected chi connectivity index (χ0v) is 19.4. The maximum absolute atomic E-state index is 6.17. The highest BCUT2D eigenvalue weighted by molar-refractivity contribution is 9.10. The highest BCUT2D eigenvalue weighted by atomic mass is 79.9. The third kappa shape index (κ3) is 3.71. The van der Waals surface area contributed by atoms with Crippen molar-refractivity contribution < 1.29 is 4.42 Å². The summed E-state index contributed by atoms with van der Waals surface area (Å²) in [5, 5.41) is 2.28. The zero-order chi connectivity index (χ0) is 22.2. The van der Waals surface area contributed by atoms with Gasteiger partial charge in [0.1, 0.15) is 11.2 Å². The smallest absolute Gasteiger partial charge is 0.137 e. The standard InChI is InChI=1S/C30H20BrNO/c31-23-14-10-21(11-15-23)22-12-16-25(17-13-22)32(24-6-2-1-3-7-24)26-18-19-28-27-8-4-5-9-29(27)33-30(28)20-26/h1-20H. The highest BCUT2D eigenvalue weighted by Gasteiger charge is 2.15. The minimum atomic E-state index is 0.890. The van der Waals surface area contributed by atoms with Crippen LogP contribution in [0, 0.1) is 0 Å². The summed E-state index contributed by atoms with van der Waals surface area (Å²) in [7, 11) is 0. The summed E-state index contributed by atoms with van der Waals surface area (Å²) in [5.74, 6) is 0. The molecule has 0 aliphatic rings. The van der Waals surface area contributed by atoms with Crippen LogP contribution in [0.2, 0.25) is 0 Å². The van der Waals surface area contributed by atoms with E-state index in [0.717, 1.165) is 43.5 Å². The number of nitrogens with zero attached hydrogens (tertiary/aromatic N) is 1. The normalized spacial score (nSPS) is 11.2. The topological polar surface area (TPSA) is 16.4 Å². The fourth-order valence-electron chi connectivity index (χ4n) is 4.32. The van der Waals surface area contributed by atoms with E-state index in [1.807, 2.05) is 18.2 Å². The Morgan fingerprint density at radius 1 is 0.485 bits per heavy atom. The van der Waals surface area contributed by atoms with Gasteiger partial charge in [-0.05, 0) is 65.7 Å². The molecular weight excluding hydrogens is 470 g/mol. The van der Waals surface area contributed by atoms with Crippen molar-refractivity contribution in [1.82, 2.24) is 0 Å². The van der Waals surface area contributed by atoms with Gasteiger partial charge in [-0.25, -0.2) is 0 Å². The number of benzene rings is 5. The molecule has 0 fully saturated rings. The summed E-state index contributed by atoms with van der Waals surface area (Å²) in [6.45, 7) is 0. The molecule has 158 valence electrons. The van der Waals surface area contributed by atoms with E-state index in [0.29, 0.717) is 0 Å². The van der Waals surface area contributed by atoms with E-state index < -0.39 is 0 Å². The lowest BCUT2D eigenvalue weighted by Gasteiger charge is -2.25. The molecule has 0 aliphatic heterocycles. The maximum atomic E-state index is 6.17. The Morgan fingerprint density at radius 3 is 1.82 bits per heavy atom. The van der Waals surface area contributed by atoms with E-state index in [-0.39, 0.29) is 0 Å². The van der Waals surface area contributed by atoms with Gasteiger partial charge in [-0.1, -0.05) is 76.6 Å². The summed E-state index contributed by atoms with van der Waals surface area (Å²) in [4.78, 5) is 2.26. The minimum absolute atomic E-state index is 0.890. The Balaban J connectivity index is 1.46. The lowest BCUT2D eigenvalue weighted by molar-refractivity contribution is 0.669. The van der Waals surface area contributed by atoms with Gasteiger partial charge in [0.25, 0.3) is 0 Å². The molecule has 0 amide bonds. The first-order valence-electron chi connectivity index (χ1n) is 10.9. The van der Waals surface area contributed by atoms with Crippen molar-refractivity contribution >= 4 is 54.9 Å². The van der Waals surface area contributed by atoms with Crippen molar-refractivity contribution in [3.63, 3.8) is 0 Å². The van der Waals surface area contributed by atoms with Gasteiger partial charge in [-0.15, -0.1) is 0 Å². The van der Waals surface area contributed by atoms with E-state index in [9.17, 15) is 0 Å². The van der Waals surface area contributed by atoms with Gasteiger partial charge in [0, 0.05) is 38.4 Å². The second-order valence-corrected chi connectivity index (χ2v) is 8.92. The van der Waals surface area contributed by atoms with Gasteiger partial charge >= 0.3 is 0 Å². The number of halogens is 1. The van der Waals surface area contributed by atoms with Gasteiger partial charge in [0.05, 0.1) is 0 Å². The van der Waals surface area contributed by atoms with E-state index in [1.54, 1.807) is 0 Å². The molecule has 0 bridgehead atoms. The van der Waals surface area contributed by atoms with Crippen molar-refractivity contribution in [2.45, 2.75) is 0 Å². The second kappa shape index (κ2) is 8.27. The number of hydrogen-bond acceptors (Lipinski definition) is 2. The molecule has 0 spiro atoms. The third-order valence-electron chi connectivity index (χ3n) is 5.94. The third-order valence-corrected chi connectivity index (χ3v) is 6.47. The summed E-state index contributed by atoms with van der Waals surface area (Å²) >= 11 is 3.51. The molecule has 0 N–H and O–H groups in total. The molecule has 6 aromatic rings. The van der Waals surface area contributed by atoms with Crippen LogP contribution in [0.15, 0.2) is 130 Å². The Labute approximate surface area is 200 Å². The summed E-state index contributed by atoms with van der Waals surface area (Å²) in [5.41, 5.74) is 7.44. The van der Waals surface area contributed by atoms with Crippen LogP contribution in [0.3, 0.4) is 0 Å². The average molecular weight is 490 g/mol. The zero-order valence-electron chi connectivity index (χ0n) is 17.8. The maximum Gasteiger partial charge on any atom is 0.137 e. The summed E-state index contributed by atoms with van der Waals surface area (Å²) in [6.07, 6.45) is 0. The first-order valence-corrected chi connectivity index (χ1v) is 11.7. The Hall–Kier alpha value is -3.82. The molecule has 1 aromatic heterocycles. The number of furan rings is 1. The molecule has 2 nitrogen and oxygen atoms in total. The summed E-state index contributed by atoms with van der Waals surface area (Å²) < 4.78 is 7.25. The highest BCUT2D eigenvalue weighted by Crippen LogP contribution is 2.38. The molecule has 1 heterocycles. The first-order chi connectivity index (χ1) is 16.3. The number of rotatable bonds is 4. The van der Waals surface area contributed by atoms with Crippen LogP contribution in [0.5, 0.6) is 0 Å². The van der Waals surface area contributed by atoms with Crippen molar-refractivity contribution in [2.75, 3.05) is 4.90 Å². The van der Waals surface area contributed by atoms with Crippen molar-refractivity contribution in [3.8, 4) is 11.1 Å². The predicted octanol–water partition coefficient (Wildman–Crippen LogP) is 9.49. The molecule has 0 unspecified atom stereocenters. The Bertz CT molecular complexity index is 1550. The molecule has 3 heteroatoms. The van der Waals surface area contributed by atoms with E-state index in [4.69, 9.17) is 4.42 Å². The fraction of sp³-hybridized carbons (Fsp3) is 0. The predicted molar refractivity (Wildman–Crippen MR) is 142 cm³/mol. The van der Waals surface area contributed by atoms with Crippen molar-refractivity contribution in [3.05, 3.63) is 126 Å². The number of hydrogen-bond donors (Lipinski definition) is 0. The van der Waals surface area contributed by atoms with E-state index >= 15 is 0 Å². The molecule has 0 saturated carbocycles. The van der Waals surface area contributed by atoms with Crippen LogP contribution in [0.1, 0.15) is 0 Å². The van der Waals surface area contributed by atoms with E-state index in [2.05, 4.69) is 124 Å². The largest absolute Gasteiger partial charge is 0.456 e. The molecule has 0 saturated heterocycles. The van der Waals surface area contributed by atoms with Crippen LogP contribution in [-0.2, 0) is 0 Å². The molecular formula is C30H20BrNO. The van der Waals surface area contributed by atoms with E-state index in [1.165, 1.54) is 11.1 Å². The van der Waals surface area contributed by atoms with Crippen molar-refractivity contribution in [1.29, 1.82) is 0 Å². The number of para-hydroxylation sites is 2. The number of fused-ring (bicyclic) bond motifs is 3. The number of anilines is 3. The van der Waals surface area contributed by atoms with Gasteiger partial charge in [-0.2, -0.15) is 0 Å². The van der Waals surface area contributed by atoms with Crippen molar-refractivity contribution in [2.24, 2.45) is 0 Å². The van der Waals surface area contributed by atoms with Gasteiger partial charge in [0.15, 0.2) is 0 Å². The Kier molecular flexibility index (Phi) is 4.97. The lowest BCUT2D eigenvalue weighted by atomic mass is 10.0. The molecule has 6 rings (SSSR count). The van der Waals surface area contributed by atoms with Crippen LogP contribution in [0.25, 0.3) is 33.1 Å². The lowest BCUT2D eigenvalue weighted by Crippen LogP contribution is -2.09. The van der Waals surface area contributed by atoms with Crippen LogP contribution in [0.4, 0.5) is 17.1 Å². The second-order valence-electron chi connectivity index (χ2n) is 8.00. The molecule has 5 aromatic carbocycles. The Morgan fingerprint density at radius 2 is 1.06 bits per heavy atom. The van der Waals surface area contributed by atoms with Crippen LogP contribution < -0.4 is 4.90 Å². The fourth-order valence-corrected chi connectivity index (χ4v) is 4.59. The average Bonchev–Trinajstić information content (AvgIpc) is 3.24. The van der Waals surface area contributed by atoms with Gasteiger partial charge < -0.3 is 9.32 Å². The SMILES string of the molecule is Brc1ccc(-c2ccc(N(c3ccccc3)c3ccc4c(c3)oc3ccccc34)cc2)cc1. The molecule has 0 atom stereocenters. The van der Waals surface area contributed by atoms with Crippen LogP contribution in [-0.4, -0.2) is 0 Å². The first kappa shape index (κ1) is 19.8. The molecule has 0 radical (unpaired) electrons. The van der Waals surface area contributed by atoms with Gasteiger partial charge in [-0.3, -0.25) is 0 Å².